The van der Waals surface area contributed by atoms with E-state index in [1.54, 1.807) is 87.4 Å². The maximum absolute atomic E-state index is 13.0. The van der Waals surface area contributed by atoms with Gasteiger partial charge in [-0.05, 0) is 215 Å². The lowest BCUT2D eigenvalue weighted by Gasteiger charge is -2.19. The summed E-state index contributed by atoms with van der Waals surface area (Å²) in [7, 11) is 1.64. The zero-order valence-electron chi connectivity index (χ0n) is 85.8. The molecule has 0 amide bonds. The molecule has 14 nitrogen and oxygen atoms in total. The van der Waals surface area contributed by atoms with Crippen molar-refractivity contribution in [2.24, 2.45) is 0 Å². The Morgan fingerprint density at radius 1 is 0.414 bits per heavy atom. The largest absolute Gasteiger partial charge is 0.495 e. The molecule has 0 saturated heterocycles. The van der Waals surface area contributed by atoms with Gasteiger partial charge in [0.15, 0.2) is 5.78 Å². The Bertz CT molecular complexity index is 6720. The van der Waals surface area contributed by atoms with Crippen molar-refractivity contribution in [1.82, 2.24) is 49.0 Å². The molecule has 1 N–H and O–H groups in total. The van der Waals surface area contributed by atoms with E-state index in [0.29, 0.717) is 59.8 Å². The van der Waals surface area contributed by atoms with E-state index >= 15 is 0 Å². The molecule has 1 unspecified atom stereocenters. The molecule has 1 aliphatic rings. The quantitative estimate of drug-likeness (QED) is 0.0688. The lowest BCUT2D eigenvalue weighted by Crippen LogP contribution is -2.27. The molecule has 18 rings (SSSR count). The number of halogens is 1. The predicted octanol–water partition coefficient (Wildman–Crippen LogP) is 32.9. The molecule has 8 aromatic carbocycles. The van der Waals surface area contributed by atoms with Crippen molar-refractivity contribution in [2.45, 2.75) is 231 Å². The minimum Gasteiger partial charge on any atom is -0.495 e. The molecule has 0 radical (unpaired) electrons. The molecule has 0 bridgehead atoms. The highest BCUT2D eigenvalue weighted by Crippen LogP contribution is 2.34. The second kappa shape index (κ2) is 55.1. The fourth-order valence-electron chi connectivity index (χ4n) is 14.3. The fraction of sp³-hybridized carbons (Fsp3) is 0.298. The average molecular weight is 1940 g/mol. The summed E-state index contributed by atoms with van der Waals surface area (Å²) >= 11 is 6.73. The topological polar surface area (TPSA) is 160 Å². The lowest BCUT2D eigenvalue weighted by molar-refractivity contribution is -0.114. The van der Waals surface area contributed by atoms with Gasteiger partial charge in [-0.1, -0.05) is 319 Å². The molecule has 1 aliphatic carbocycles. The highest BCUT2D eigenvalue weighted by Gasteiger charge is 2.19. The molecule has 0 fully saturated rings. The van der Waals surface area contributed by atoms with Crippen LogP contribution in [-0.2, 0) is 24.4 Å². The highest BCUT2D eigenvalue weighted by molar-refractivity contribution is 7.14. The van der Waals surface area contributed by atoms with Crippen molar-refractivity contribution in [1.29, 1.82) is 0 Å². The lowest BCUT2D eigenvalue weighted by atomic mass is 10.0. The number of thiazole rings is 3. The molecule has 17 aromatic rings. The number of pyridine rings is 3. The van der Waals surface area contributed by atoms with Gasteiger partial charge in [0.05, 0.1) is 72.6 Å². The maximum Gasteiger partial charge on any atom is 0.250 e. The van der Waals surface area contributed by atoms with E-state index in [4.69, 9.17) is 4.74 Å². The van der Waals surface area contributed by atoms with E-state index < -0.39 is 0 Å². The van der Waals surface area contributed by atoms with Crippen molar-refractivity contribution >= 4 is 67.7 Å². The molecule has 1 atom stereocenters. The summed E-state index contributed by atoms with van der Waals surface area (Å²) < 4.78 is 24.1. The molecule has 9 aromatic heterocycles. The van der Waals surface area contributed by atoms with Crippen LogP contribution < -0.4 is 15.6 Å². The van der Waals surface area contributed by atoms with Crippen LogP contribution in [0.1, 0.15) is 268 Å². The van der Waals surface area contributed by atoms with Gasteiger partial charge in [0.25, 0.3) is 5.56 Å². The summed E-state index contributed by atoms with van der Waals surface area (Å²) in [4.78, 5) is 46.1. The highest BCUT2D eigenvalue weighted by atomic mass is 32.1. The Morgan fingerprint density at radius 2 is 0.914 bits per heavy atom. The van der Waals surface area contributed by atoms with Crippen LogP contribution in [0.3, 0.4) is 0 Å². The van der Waals surface area contributed by atoms with Gasteiger partial charge < -0.3 is 14.6 Å². The first-order valence-corrected chi connectivity index (χ1v) is 52.1. The normalized spacial score (nSPS) is 11.9. The summed E-state index contributed by atoms with van der Waals surface area (Å²) in [6, 6.07) is 85.3. The molecular formula is C121H140FN11O3S4. The molecule has 0 spiro atoms. The molecule has 0 saturated carbocycles. The van der Waals surface area contributed by atoms with E-state index in [0.717, 1.165) is 84.7 Å². The minimum absolute atomic E-state index is 0.0421. The van der Waals surface area contributed by atoms with Crippen LogP contribution in [0, 0.1) is 33.5 Å². The summed E-state index contributed by atoms with van der Waals surface area (Å²) in [6.07, 6.45) is 12.8. The third-order valence-electron chi connectivity index (χ3n) is 23.1. The number of thiophene rings is 1. The monoisotopic (exact) mass is 1940 g/mol. The number of methoxy groups -OCH3 is 1. The fourth-order valence-corrected chi connectivity index (χ4v) is 18.0. The van der Waals surface area contributed by atoms with Crippen LogP contribution in [-0.4, -0.2) is 68.0 Å². The molecule has 0 aliphatic heterocycles. The number of nitrogens with zero attached hydrogens (tertiary/aromatic N) is 10. The minimum atomic E-state index is -0.316. The number of hydrogen-bond acceptors (Lipinski definition) is 15. The smallest absolute Gasteiger partial charge is 0.250 e. The SMILES string of the molecule is CC(C)c1ccc(Cn2ccccc2=O)cc1.CC(C)c1cccc(-c2ccccc2)n1.CC(C)c1csc(-c2cccc(F)c2)n1.CC(C)c1csc(-c2ccccc2)n1.CC(C)c1csc(-c2ccsc2)n1.COc1cc(C(C)C)ccc1NC1C=CC=CC1=O.Cc1cc(C)n(Cc2ccc(C(C)C)cc2)n1.Cc1ccc2cc(C(C)C)ccc2n1.Cc1cnn(Cc2ccc(C(C)C)cc2)c1. The van der Waals surface area contributed by atoms with Crippen molar-refractivity contribution in [3.05, 3.63) is 431 Å². The third-order valence-corrected chi connectivity index (χ3v) is 26.5. The molecule has 728 valence electrons. The molecular weight excluding hydrogens is 1800 g/mol. The number of ketones is 1. The number of nitrogens with one attached hydrogen (secondary N) is 1. The van der Waals surface area contributed by atoms with Crippen LogP contribution in [0.5, 0.6) is 5.75 Å². The van der Waals surface area contributed by atoms with E-state index in [2.05, 4.69) is 375 Å². The van der Waals surface area contributed by atoms with Crippen LogP contribution in [0.15, 0.2) is 329 Å². The van der Waals surface area contributed by atoms with E-state index in [1.807, 2.05) is 109 Å². The van der Waals surface area contributed by atoms with Gasteiger partial charge in [-0.15, -0.1) is 34.0 Å². The first-order valence-electron chi connectivity index (χ1n) is 48.5. The Kier molecular flexibility index (Phi) is 42.9. The number of benzene rings is 8. The van der Waals surface area contributed by atoms with Crippen molar-refractivity contribution in [3.8, 4) is 48.7 Å². The number of anilines is 1. The number of aryl methyl sites for hydroxylation is 4. The van der Waals surface area contributed by atoms with Gasteiger partial charge in [-0.3, -0.25) is 28.9 Å². The zero-order valence-corrected chi connectivity index (χ0v) is 89.0. The predicted molar refractivity (Wildman–Crippen MR) is 593 cm³/mol. The van der Waals surface area contributed by atoms with E-state index in [1.165, 1.54) is 95.8 Å². The maximum atomic E-state index is 13.0. The first-order chi connectivity index (χ1) is 67.1. The van der Waals surface area contributed by atoms with Crippen molar-refractivity contribution in [2.75, 3.05) is 12.4 Å². The van der Waals surface area contributed by atoms with Gasteiger partial charge in [0.2, 0.25) is 0 Å². The second-order valence-electron chi connectivity index (χ2n) is 37.7. The number of carbonyl (C=O) groups excluding carboxylic acids is 1. The third kappa shape index (κ3) is 34.8. The average Bonchev–Trinajstić information content (AvgIpc) is 1.40. The van der Waals surface area contributed by atoms with Crippen LogP contribution in [0.2, 0.25) is 0 Å². The van der Waals surface area contributed by atoms with Gasteiger partial charge >= 0.3 is 0 Å². The molecule has 9 heterocycles. The molecule has 140 heavy (non-hydrogen) atoms. The number of fused-ring (bicyclic) bond motifs is 1. The van der Waals surface area contributed by atoms with E-state index in [-0.39, 0.29) is 23.2 Å². The Morgan fingerprint density at radius 3 is 1.40 bits per heavy atom. The number of carbonyl (C=O) groups is 1. The van der Waals surface area contributed by atoms with E-state index in [9.17, 15) is 14.0 Å². The Labute approximate surface area is 847 Å². The number of ether oxygens (including phenoxy) is 1. The van der Waals surface area contributed by atoms with Crippen LogP contribution >= 0.6 is 45.3 Å². The first kappa shape index (κ1) is 109. The second-order valence-corrected chi connectivity index (χ2v) is 41.0. The molecule has 19 heteroatoms. The van der Waals surface area contributed by atoms with Gasteiger partial charge in [-0.25, -0.2) is 19.3 Å². The summed E-state index contributed by atoms with van der Waals surface area (Å²) in [5.74, 6) is 5.32. The Balaban J connectivity index is 0.000000162. The van der Waals surface area contributed by atoms with Gasteiger partial charge in [-0.2, -0.15) is 21.5 Å². The van der Waals surface area contributed by atoms with Crippen LogP contribution in [0.4, 0.5) is 10.1 Å². The summed E-state index contributed by atoms with van der Waals surface area (Å²) in [5, 5.41) is 26.9. The van der Waals surface area contributed by atoms with Crippen molar-refractivity contribution < 1.29 is 13.9 Å². The summed E-state index contributed by atoms with van der Waals surface area (Å²) in [5.41, 5.74) is 27.2. The van der Waals surface area contributed by atoms with Gasteiger partial charge in [0, 0.05) is 84.7 Å². The number of aromatic nitrogens is 10. The Hall–Kier alpha value is -13.0. The number of hydrogen-bond donors (Lipinski definition) is 1. The number of rotatable bonds is 22. The van der Waals surface area contributed by atoms with Gasteiger partial charge in [0.1, 0.15) is 32.6 Å². The van der Waals surface area contributed by atoms with Crippen molar-refractivity contribution in [3.63, 3.8) is 0 Å². The number of allylic oxidation sites excluding steroid dienone is 2. The summed E-state index contributed by atoms with van der Waals surface area (Å²) in [6.45, 7) is 49.7. The standard InChI is InChI=1S/C16H19NO2.C15H20N2.C15H17NO.C14H18N2.C14H15N.C13H15N.C12H12FNS.C12H13NS.C10H11NS2/c1-11(2)12-8-9-14(16(10-12)19-3)17-13-6-4-5-7-15(13)18;1-11(2)15-7-5-14(6-8-15)10-17-13(4)9-12(3)16-17;1-12(2)14-8-6-13(7-9-14)11-16-10-4-3-5-15(16)17;1-11(2)14-6-4-13(5-7-14)10-16-9-12(3)8-15-16;1-11(2)13-9-6-10-14(15-13)12-7-4-3-5-8-12;1-9(2)11-6-7-13-12(8-11)5-4-10(3)14-13;1-8(2)11-7-15-12(14-11)9-4-3-5-10(13)6-9;1-9(2)11-8-14-12(13-11)10-6-4-3-5-7-10;1-7(2)9-6-13-10(11-9)8-3-4-12-5-8/h4-11,13,17H,1-3H3;5-9,11H,10H2,1-4H3;3-10,12H,11H2,1-2H3;4-9,11H,10H2,1-3H3;3-11H,1-2H3;4-9H,1-3H3;3-8H,1-2H3;3-9H,1-2H3;3-7H,1-2H3. The van der Waals surface area contributed by atoms with Crippen LogP contribution in [0.25, 0.3) is 53.9 Å². The zero-order chi connectivity index (χ0) is 101.